The van der Waals surface area contributed by atoms with Gasteiger partial charge in [-0.05, 0) is 37.2 Å². The molecule has 106 valence electrons. The highest BCUT2D eigenvalue weighted by molar-refractivity contribution is 5.87. The number of carbonyl (C=O) groups is 1. The molecule has 2 heterocycles. The summed E-state index contributed by atoms with van der Waals surface area (Å²) in [7, 11) is 0. The summed E-state index contributed by atoms with van der Waals surface area (Å²) < 4.78 is 2.24. The molecule has 3 saturated carbocycles. The second kappa shape index (κ2) is 4.06. The molecule has 0 amide bonds. The number of hydrogen-bond acceptors (Lipinski definition) is 2. The normalized spacial score (nSPS) is 33.0. The van der Waals surface area contributed by atoms with Gasteiger partial charge in [0.2, 0.25) is 0 Å². The molecule has 1 aromatic heterocycles. The molecule has 0 N–H and O–H groups in total. The van der Waals surface area contributed by atoms with Crippen LogP contribution >= 0.6 is 0 Å². The molecule has 1 aliphatic heterocycles. The summed E-state index contributed by atoms with van der Waals surface area (Å²) >= 11 is 0. The first-order chi connectivity index (χ1) is 10.3. The third kappa shape index (κ3) is 1.44. The van der Waals surface area contributed by atoms with Crippen molar-refractivity contribution in [3.8, 4) is 11.3 Å². The van der Waals surface area contributed by atoms with Crippen molar-refractivity contribution in [3.63, 3.8) is 0 Å². The molecule has 3 nitrogen and oxygen atoms in total. The second-order valence-electron chi connectivity index (χ2n) is 6.76. The van der Waals surface area contributed by atoms with Crippen LogP contribution in [-0.4, -0.2) is 15.3 Å². The molecule has 2 bridgehead atoms. The molecular weight excluding hydrogens is 260 g/mol. The van der Waals surface area contributed by atoms with Gasteiger partial charge in [-0.3, -0.25) is 4.79 Å². The average Bonchev–Trinajstić information content (AvgIpc) is 3.10. The van der Waals surface area contributed by atoms with E-state index in [-0.39, 0.29) is 12.0 Å². The third-order valence-electron chi connectivity index (χ3n) is 5.87. The molecule has 2 atom stereocenters. The summed E-state index contributed by atoms with van der Waals surface area (Å²) in [5, 5.41) is 0. The SMILES string of the molecule is O=C1C2CCC(CC2)[C@@H]1[C@@H]1c2ccccc2-c2cncn21. The summed E-state index contributed by atoms with van der Waals surface area (Å²) in [6.45, 7) is 0. The maximum Gasteiger partial charge on any atom is 0.141 e. The van der Waals surface area contributed by atoms with Crippen molar-refractivity contribution in [3.05, 3.63) is 42.4 Å². The van der Waals surface area contributed by atoms with Gasteiger partial charge in [-0.1, -0.05) is 24.3 Å². The number of fused-ring (bicyclic) bond motifs is 6. The first-order valence-electron chi connectivity index (χ1n) is 7.99. The highest BCUT2D eigenvalue weighted by atomic mass is 16.1. The first kappa shape index (κ1) is 11.7. The van der Waals surface area contributed by atoms with Crippen LogP contribution in [0.25, 0.3) is 11.3 Å². The topological polar surface area (TPSA) is 34.9 Å². The minimum Gasteiger partial charge on any atom is -0.322 e. The maximum absolute atomic E-state index is 12.9. The number of hydrogen-bond donors (Lipinski definition) is 0. The molecule has 0 radical (unpaired) electrons. The number of rotatable bonds is 1. The fraction of sp³-hybridized carbons (Fsp3) is 0.444. The Balaban J connectivity index is 1.68. The fourth-order valence-corrected chi connectivity index (χ4v) is 4.92. The van der Waals surface area contributed by atoms with Gasteiger partial charge >= 0.3 is 0 Å². The van der Waals surface area contributed by atoms with Gasteiger partial charge in [0.05, 0.1) is 24.3 Å². The molecule has 0 spiro atoms. The molecule has 0 saturated heterocycles. The lowest BCUT2D eigenvalue weighted by Gasteiger charge is -2.44. The van der Waals surface area contributed by atoms with Crippen LogP contribution in [0.3, 0.4) is 0 Å². The molecule has 3 aliphatic carbocycles. The summed E-state index contributed by atoms with van der Waals surface area (Å²) in [5.74, 6) is 1.56. The van der Waals surface area contributed by atoms with E-state index >= 15 is 0 Å². The van der Waals surface area contributed by atoms with Gasteiger partial charge in [-0.25, -0.2) is 4.98 Å². The first-order valence-corrected chi connectivity index (χ1v) is 7.99. The smallest absolute Gasteiger partial charge is 0.141 e. The number of imidazole rings is 1. The van der Waals surface area contributed by atoms with Crippen LogP contribution in [0.1, 0.15) is 37.3 Å². The maximum atomic E-state index is 12.9. The largest absolute Gasteiger partial charge is 0.322 e. The van der Waals surface area contributed by atoms with Crippen molar-refractivity contribution in [2.24, 2.45) is 17.8 Å². The number of Topliss-reactive ketones (excluding diaryl/α,β-unsaturated/α-hetero) is 1. The van der Waals surface area contributed by atoms with E-state index in [4.69, 9.17) is 0 Å². The van der Waals surface area contributed by atoms with Crippen LogP contribution in [0.4, 0.5) is 0 Å². The van der Waals surface area contributed by atoms with Crippen molar-refractivity contribution in [2.45, 2.75) is 31.7 Å². The Morgan fingerprint density at radius 3 is 2.71 bits per heavy atom. The molecule has 1 aromatic carbocycles. The highest BCUT2D eigenvalue weighted by Crippen LogP contribution is 2.52. The lowest BCUT2D eigenvalue weighted by Crippen LogP contribution is -2.44. The Labute approximate surface area is 124 Å². The second-order valence-corrected chi connectivity index (χ2v) is 6.76. The van der Waals surface area contributed by atoms with Gasteiger partial charge in [0.25, 0.3) is 0 Å². The zero-order valence-electron chi connectivity index (χ0n) is 11.9. The van der Waals surface area contributed by atoms with Crippen LogP contribution in [0.15, 0.2) is 36.8 Å². The van der Waals surface area contributed by atoms with Crippen molar-refractivity contribution >= 4 is 5.78 Å². The molecule has 3 heteroatoms. The Bertz CT molecular complexity index is 724. The van der Waals surface area contributed by atoms with E-state index in [0.717, 1.165) is 12.8 Å². The number of carbonyl (C=O) groups excluding carboxylic acids is 1. The minimum atomic E-state index is 0.161. The summed E-state index contributed by atoms with van der Waals surface area (Å²) in [6.07, 6.45) is 8.53. The van der Waals surface area contributed by atoms with E-state index in [1.165, 1.54) is 29.7 Å². The average molecular weight is 278 g/mol. The van der Waals surface area contributed by atoms with E-state index in [2.05, 4.69) is 33.8 Å². The van der Waals surface area contributed by atoms with E-state index in [1.54, 1.807) is 0 Å². The molecule has 0 unspecified atom stereocenters. The van der Waals surface area contributed by atoms with E-state index in [1.807, 2.05) is 12.5 Å². The lowest BCUT2D eigenvalue weighted by atomic mass is 9.61. The van der Waals surface area contributed by atoms with Crippen LogP contribution in [0, 0.1) is 17.8 Å². The number of nitrogens with zero attached hydrogens (tertiary/aromatic N) is 2. The molecular formula is C18H18N2O. The molecule has 2 aromatic rings. The van der Waals surface area contributed by atoms with Gasteiger partial charge in [-0.15, -0.1) is 0 Å². The lowest BCUT2D eigenvalue weighted by molar-refractivity contribution is -0.137. The van der Waals surface area contributed by atoms with Gasteiger partial charge in [0, 0.05) is 17.4 Å². The van der Waals surface area contributed by atoms with Gasteiger partial charge in [-0.2, -0.15) is 0 Å². The Kier molecular flexibility index (Phi) is 2.27. The van der Waals surface area contributed by atoms with E-state index in [9.17, 15) is 4.79 Å². The summed E-state index contributed by atoms with van der Waals surface area (Å²) in [6, 6.07) is 8.71. The van der Waals surface area contributed by atoms with Gasteiger partial charge < -0.3 is 4.57 Å². The van der Waals surface area contributed by atoms with Crippen LogP contribution in [-0.2, 0) is 4.79 Å². The minimum absolute atomic E-state index is 0.161. The van der Waals surface area contributed by atoms with Crippen molar-refractivity contribution < 1.29 is 4.79 Å². The highest BCUT2D eigenvalue weighted by Gasteiger charge is 2.49. The van der Waals surface area contributed by atoms with Crippen LogP contribution in [0.2, 0.25) is 0 Å². The van der Waals surface area contributed by atoms with Crippen molar-refractivity contribution in [1.82, 2.24) is 9.55 Å². The summed E-state index contributed by atoms with van der Waals surface area (Å²) in [5.41, 5.74) is 3.75. The van der Waals surface area contributed by atoms with Crippen LogP contribution < -0.4 is 0 Å². The molecule has 6 rings (SSSR count). The zero-order chi connectivity index (χ0) is 14.0. The Morgan fingerprint density at radius 2 is 1.90 bits per heavy atom. The number of benzene rings is 1. The Hall–Kier alpha value is -1.90. The predicted molar refractivity (Wildman–Crippen MR) is 79.7 cm³/mol. The van der Waals surface area contributed by atoms with Gasteiger partial charge in [0.1, 0.15) is 5.78 Å². The number of ketones is 1. The molecule has 21 heavy (non-hydrogen) atoms. The quantitative estimate of drug-likeness (QED) is 0.800. The standard InChI is InChI=1S/C18H18N2O/c21-18-12-7-5-11(6-8-12)16(18)17-14-4-2-1-3-13(14)15-9-19-10-20(15)17/h1-4,9-12,16-17H,5-8H2/t11?,12?,16-,17+/m1/s1. The molecule has 3 fully saturated rings. The van der Waals surface area contributed by atoms with E-state index in [0.29, 0.717) is 17.6 Å². The molecule has 4 aliphatic rings. The van der Waals surface area contributed by atoms with E-state index < -0.39 is 0 Å². The van der Waals surface area contributed by atoms with Crippen molar-refractivity contribution in [2.75, 3.05) is 0 Å². The number of aromatic nitrogens is 2. The third-order valence-corrected chi connectivity index (χ3v) is 5.87. The fourth-order valence-electron chi connectivity index (χ4n) is 4.92. The predicted octanol–water partition coefficient (Wildman–Crippen LogP) is 3.46. The Morgan fingerprint density at radius 1 is 1.10 bits per heavy atom. The summed E-state index contributed by atoms with van der Waals surface area (Å²) in [4.78, 5) is 17.2. The monoisotopic (exact) mass is 278 g/mol. The zero-order valence-corrected chi connectivity index (χ0v) is 11.9. The van der Waals surface area contributed by atoms with Gasteiger partial charge in [0.15, 0.2) is 0 Å². The van der Waals surface area contributed by atoms with Crippen molar-refractivity contribution in [1.29, 1.82) is 0 Å². The van der Waals surface area contributed by atoms with Crippen LogP contribution in [0.5, 0.6) is 0 Å².